The maximum absolute atomic E-state index is 9.95. The summed E-state index contributed by atoms with van der Waals surface area (Å²) in [4.78, 5) is 5.06. The minimum absolute atomic E-state index is 0.187. The van der Waals surface area contributed by atoms with Gasteiger partial charge in [0.1, 0.15) is 5.75 Å². The van der Waals surface area contributed by atoms with Gasteiger partial charge in [-0.3, -0.25) is 9.80 Å². The van der Waals surface area contributed by atoms with Crippen molar-refractivity contribution in [3.8, 4) is 5.75 Å². The maximum Gasteiger partial charge on any atom is 0.115 e. The SMILES string of the molecule is C=CCN1C[C@@H](C)N([C@@H](c2ccsc2)c2cccc(O)c2)C[C@@H]1C. The summed E-state index contributed by atoms with van der Waals surface area (Å²) in [5, 5.41) is 14.3. The second kappa shape index (κ2) is 7.51. The van der Waals surface area contributed by atoms with Crippen molar-refractivity contribution in [1.29, 1.82) is 0 Å². The van der Waals surface area contributed by atoms with Gasteiger partial charge < -0.3 is 5.11 Å². The number of aromatic hydroxyl groups is 1. The van der Waals surface area contributed by atoms with E-state index in [1.165, 1.54) is 5.56 Å². The molecule has 2 aromatic rings. The molecule has 1 aliphatic rings. The van der Waals surface area contributed by atoms with Gasteiger partial charge in [0.25, 0.3) is 0 Å². The van der Waals surface area contributed by atoms with Gasteiger partial charge in [-0.1, -0.05) is 18.2 Å². The molecule has 0 spiro atoms. The summed E-state index contributed by atoms with van der Waals surface area (Å²) in [6, 6.07) is 11.0. The molecule has 0 bridgehead atoms. The van der Waals surface area contributed by atoms with Crippen LogP contribution in [0, 0.1) is 0 Å². The third kappa shape index (κ3) is 3.56. The van der Waals surface area contributed by atoms with Gasteiger partial charge >= 0.3 is 0 Å². The summed E-state index contributed by atoms with van der Waals surface area (Å²) in [5.74, 6) is 0.332. The highest BCUT2D eigenvalue weighted by molar-refractivity contribution is 7.08. The smallest absolute Gasteiger partial charge is 0.115 e. The Bertz CT molecular complexity index is 670. The fraction of sp³-hybridized carbons (Fsp3) is 0.400. The standard InChI is InChI=1S/C20H26N2OS/c1-4-9-21-12-16(3)22(13-15(21)2)20(18-8-10-24-14-18)17-6-5-7-19(23)11-17/h4-8,10-11,14-16,20,23H,1,9,12-13H2,2-3H3/t15-,16+,20+/m0/s1. The molecule has 2 heterocycles. The van der Waals surface area contributed by atoms with Crippen LogP contribution < -0.4 is 0 Å². The Morgan fingerprint density at radius 3 is 2.75 bits per heavy atom. The summed E-state index contributed by atoms with van der Waals surface area (Å²) in [6.07, 6.45) is 1.99. The fourth-order valence-electron chi connectivity index (χ4n) is 3.71. The lowest BCUT2D eigenvalue weighted by Crippen LogP contribution is -2.57. The number of piperazine rings is 1. The largest absolute Gasteiger partial charge is 0.508 e. The fourth-order valence-corrected chi connectivity index (χ4v) is 4.38. The van der Waals surface area contributed by atoms with Gasteiger partial charge in [0.05, 0.1) is 6.04 Å². The number of phenolic OH excluding ortho intramolecular Hbond substituents is 1. The van der Waals surface area contributed by atoms with E-state index in [1.807, 2.05) is 18.2 Å². The lowest BCUT2D eigenvalue weighted by atomic mass is 9.95. The van der Waals surface area contributed by atoms with E-state index in [0.29, 0.717) is 17.8 Å². The molecule has 1 aromatic heterocycles. The molecule has 3 nitrogen and oxygen atoms in total. The zero-order chi connectivity index (χ0) is 17.1. The minimum atomic E-state index is 0.187. The van der Waals surface area contributed by atoms with Gasteiger partial charge in [-0.05, 0) is 53.9 Å². The second-order valence-corrected chi connectivity index (χ2v) is 7.47. The number of nitrogens with zero attached hydrogens (tertiary/aromatic N) is 2. The molecule has 1 N–H and O–H groups in total. The van der Waals surface area contributed by atoms with Crippen LogP contribution in [0.1, 0.15) is 31.0 Å². The van der Waals surface area contributed by atoms with E-state index in [1.54, 1.807) is 17.4 Å². The Labute approximate surface area is 148 Å². The quantitative estimate of drug-likeness (QED) is 0.828. The summed E-state index contributed by atoms with van der Waals surface area (Å²) in [7, 11) is 0. The van der Waals surface area contributed by atoms with Gasteiger partial charge in [-0.2, -0.15) is 11.3 Å². The Morgan fingerprint density at radius 1 is 1.25 bits per heavy atom. The van der Waals surface area contributed by atoms with Crippen molar-refractivity contribution in [1.82, 2.24) is 9.80 Å². The second-order valence-electron chi connectivity index (χ2n) is 6.69. The first-order valence-corrected chi connectivity index (χ1v) is 9.46. The third-order valence-corrected chi connectivity index (χ3v) is 5.60. The highest BCUT2D eigenvalue weighted by Gasteiger charge is 2.34. The molecule has 1 aromatic carbocycles. The Kier molecular flexibility index (Phi) is 5.39. The highest BCUT2D eigenvalue weighted by atomic mass is 32.1. The van der Waals surface area contributed by atoms with Gasteiger partial charge in [0.15, 0.2) is 0 Å². The predicted octanol–water partition coefficient (Wildman–Crippen LogP) is 4.12. The molecule has 24 heavy (non-hydrogen) atoms. The molecule has 128 valence electrons. The van der Waals surface area contributed by atoms with Crippen LogP contribution in [0.3, 0.4) is 0 Å². The first-order chi connectivity index (χ1) is 11.6. The van der Waals surface area contributed by atoms with Crippen molar-refractivity contribution in [3.63, 3.8) is 0 Å². The Hall–Kier alpha value is -1.62. The number of phenols is 1. The maximum atomic E-state index is 9.95. The molecule has 0 radical (unpaired) electrons. The zero-order valence-corrected chi connectivity index (χ0v) is 15.2. The predicted molar refractivity (Wildman–Crippen MR) is 102 cm³/mol. The van der Waals surface area contributed by atoms with E-state index in [9.17, 15) is 5.11 Å². The minimum Gasteiger partial charge on any atom is -0.508 e. The Morgan fingerprint density at radius 2 is 2.08 bits per heavy atom. The van der Waals surface area contributed by atoms with E-state index in [-0.39, 0.29) is 6.04 Å². The van der Waals surface area contributed by atoms with Crippen LogP contribution >= 0.6 is 11.3 Å². The molecular weight excluding hydrogens is 316 g/mol. The van der Waals surface area contributed by atoms with Crippen molar-refractivity contribution < 1.29 is 5.11 Å². The number of benzene rings is 1. The molecular formula is C20H26N2OS. The molecule has 0 aliphatic carbocycles. The van der Waals surface area contributed by atoms with E-state index < -0.39 is 0 Å². The van der Waals surface area contributed by atoms with E-state index in [4.69, 9.17) is 0 Å². The summed E-state index contributed by atoms with van der Waals surface area (Å²) >= 11 is 1.73. The van der Waals surface area contributed by atoms with Crippen molar-refractivity contribution >= 4 is 11.3 Å². The van der Waals surface area contributed by atoms with E-state index in [2.05, 4.69) is 53.1 Å². The molecule has 0 amide bonds. The monoisotopic (exact) mass is 342 g/mol. The van der Waals surface area contributed by atoms with Crippen molar-refractivity contribution in [2.24, 2.45) is 0 Å². The van der Waals surface area contributed by atoms with Crippen LogP contribution in [-0.4, -0.2) is 46.6 Å². The van der Waals surface area contributed by atoms with E-state index >= 15 is 0 Å². The number of thiophene rings is 1. The van der Waals surface area contributed by atoms with Gasteiger partial charge in [-0.25, -0.2) is 0 Å². The van der Waals surface area contributed by atoms with Crippen molar-refractivity contribution in [2.45, 2.75) is 32.0 Å². The molecule has 0 unspecified atom stereocenters. The number of hydrogen-bond acceptors (Lipinski definition) is 4. The average Bonchev–Trinajstić information content (AvgIpc) is 3.06. The van der Waals surface area contributed by atoms with Crippen LogP contribution in [0.5, 0.6) is 5.75 Å². The molecule has 1 saturated heterocycles. The van der Waals surface area contributed by atoms with Gasteiger partial charge in [0, 0.05) is 31.7 Å². The van der Waals surface area contributed by atoms with Crippen LogP contribution in [0.4, 0.5) is 0 Å². The van der Waals surface area contributed by atoms with E-state index in [0.717, 1.165) is 25.2 Å². The molecule has 4 heteroatoms. The summed E-state index contributed by atoms with van der Waals surface area (Å²) in [5.41, 5.74) is 2.46. The number of rotatable bonds is 5. The summed E-state index contributed by atoms with van der Waals surface area (Å²) < 4.78 is 0. The lowest BCUT2D eigenvalue weighted by molar-refractivity contribution is 0.0307. The molecule has 1 aliphatic heterocycles. The van der Waals surface area contributed by atoms with Crippen molar-refractivity contribution in [3.05, 3.63) is 64.9 Å². The Balaban J connectivity index is 1.93. The van der Waals surface area contributed by atoms with Crippen LogP contribution in [0.25, 0.3) is 0 Å². The first-order valence-electron chi connectivity index (χ1n) is 8.52. The molecule has 0 saturated carbocycles. The average molecular weight is 343 g/mol. The lowest BCUT2D eigenvalue weighted by Gasteiger charge is -2.47. The zero-order valence-electron chi connectivity index (χ0n) is 14.4. The first kappa shape index (κ1) is 17.2. The molecule has 3 rings (SSSR count). The van der Waals surface area contributed by atoms with Crippen LogP contribution in [-0.2, 0) is 0 Å². The topological polar surface area (TPSA) is 26.7 Å². The normalized spacial score (nSPS) is 23.9. The highest BCUT2D eigenvalue weighted by Crippen LogP contribution is 2.35. The molecule has 3 atom stereocenters. The van der Waals surface area contributed by atoms with Gasteiger partial charge in [0.2, 0.25) is 0 Å². The summed E-state index contributed by atoms with van der Waals surface area (Å²) in [6.45, 7) is 11.4. The third-order valence-electron chi connectivity index (χ3n) is 4.90. The number of hydrogen-bond donors (Lipinski definition) is 1. The van der Waals surface area contributed by atoms with Crippen LogP contribution in [0.2, 0.25) is 0 Å². The van der Waals surface area contributed by atoms with Crippen molar-refractivity contribution in [2.75, 3.05) is 19.6 Å². The molecule has 1 fully saturated rings. The van der Waals surface area contributed by atoms with Gasteiger partial charge in [-0.15, -0.1) is 6.58 Å². The van der Waals surface area contributed by atoms with Crippen LogP contribution in [0.15, 0.2) is 53.7 Å².